The van der Waals surface area contributed by atoms with Crippen molar-refractivity contribution in [2.24, 2.45) is 0 Å². The summed E-state index contributed by atoms with van der Waals surface area (Å²) in [6, 6.07) is 14.9. The van der Waals surface area contributed by atoms with Crippen LogP contribution in [0.5, 0.6) is 0 Å². The van der Waals surface area contributed by atoms with Gasteiger partial charge in [-0.25, -0.2) is 9.18 Å². The highest BCUT2D eigenvalue weighted by Gasteiger charge is 2.37. The molecule has 174 valence electrons. The maximum absolute atomic E-state index is 13.9. The quantitative estimate of drug-likeness (QED) is 0.515. The summed E-state index contributed by atoms with van der Waals surface area (Å²) in [5.41, 5.74) is 3.47. The number of hydrogen-bond acceptors (Lipinski definition) is 3. The minimum Gasteiger partial charge on any atom is -0.465 e. The molecule has 6 nitrogen and oxygen atoms in total. The van der Waals surface area contributed by atoms with Crippen LogP contribution in [-0.4, -0.2) is 35.5 Å². The summed E-state index contributed by atoms with van der Waals surface area (Å²) in [5, 5.41) is 9.90. The number of amides is 2. The van der Waals surface area contributed by atoms with E-state index in [-0.39, 0.29) is 34.9 Å². The van der Waals surface area contributed by atoms with Crippen LogP contribution in [-0.2, 0) is 0 Å². The van der Waals surface area contributed by atoms with E-state index in [0.29, 0.717) is 17.8 Å². The average molecular weight is 461 g/mol. The molecule has 1 unspecified atom stereocenters. The number of fused-ring (bicyclic) bond motifs is 1. The molecule has 3 aromatic rings. The first-order valence-electron chi connectivity index (χ1n) is 11.1. The number of anilines is 2. The molecule has 1 aliphatic rings. The number of rotatable bonds is 4. The lowest BCUT2D eigenvalue weighted by molar-refractivity contribution is 0.0967. The molecular formula is C27H25FN2O4. The first-order chi connectivity index (χ1) is 16.2. The van der Waals surface area contributed by atoms with Gasteiger partial charge in [0.1, 0.15) is 5.82 Å². The van der Waals surface area contributed by atoms with Gasteiger partial charge in [-0.2, -0.15) is 0 Å². The van der Waals surface area contributed by atoms with Crippen LogP contribution in [0.3, 0.4) is 0 Å². The Labute approximate surface area is 197 Å². The summed E-state index contributed by atoms with van der Waals surface area (Å²) >= 11 is 0. The van der Waals surface area contributed by atoms with Crippen molar-refractivity contribution in [3.8, 4) is 0 Å². The van der Waals surface area contributed by atoms with E-state index in [2.05, 4.69) is 0 Å². The molecule has 0 aliphatic carbocycles. The number of carbonyl (C=O) groups is 3. The molecule has 0 spiro atoms. The van der Waals surface area contributed by atoms with Crippen LogP contribution in [0.15, 0.2) is 60.7 Å². The van der Waals surface area contributed by atoms with Crippen molar-refractivity contribution in [2.75, 3.05) is 16.3 Å². The molecule has 4 rings (SSSR count). The molecule has 0 aromatic heterocycles. The van der Waals surface area contributed by atoms with Crippen molar-refractivity contribution in [3.05, 3.63) is 94.3 Å². The number of nitrogens with zero attached hydrogens (tertiary/aromatic N) is 2. The van der Waals surface area contributed by atoms with Crippen molar-refractivity contribution < 1.29 is 23.9 Å². The van der Waals surface area contributed by atoms with Gasteiger partial charge in [-0.05, 0) is 73.9 Å². The fraction of sp³-hybridized carbons (Fsp3) is 0.222. The Morgan fingerprint density at radius 3 is 2.12 bits per heavy atom. The van der Waals surface area contributed by atoms with Crippen LogP contribution in [0.25, 0.3) is 0 Å². The second-order valence-corrected chi connectivity index (χ2v) is 8.44. The van der Waals surface area contributed by atoms with Crippen molar-refractivity contribution in [3.63, 3.8) is 0 Å². The largest absolute Gasteiger partial charge is 0.465 e. The molecule has 1 N–H and O–H groups in total. The predicted molar refractivity (Wildman–Crippen MR) is 128 cm³/mol. The molecule has 34 heavy (non-hydrogen) atoms. The Balaban J connectivity index is 1.82. The first kappa shape index (κ1) is 23.2. The molecule has 7 heteroatoms. The van der Waals surface area contributed by atoms with Gasteiger partial charge in [-0.3, -0.25) is 14.5 Å². The van der Waals surface area contributed by atoms with E-state index in [1.165, 1.54) is 29.2 Å². The van der Waals surface area contributed by atoms with Gasteiger partial charge in [0.15, 0.2) is 5.78 Å². The van der Waals surface area contributed by atoms with Crippen molar-refractivity contribution in [1.82, 2.24) is 0 Å². The molecule has 0 bridgehead atoms. The number of hydrogen-bond donors (Lipinski definition) is 1. The molecule has 0 saturated heterocycles. The van der Waals surface area contributed by atoms with E-state index in [1.54, 1.807) is 35.2 Å². The minimum absolute atomic E-state index is 0.163. The average Bonchev–Trinajstić information content (AvgIpc) is 2.83. The van der Waals surface area contributed by atoms with Gasteiger partial charge in [0, 0.05) is 17.7 Å². The second-order valence-electron chi connectivity index (χ2n) is 8.44. The number of carbonyl (C=O) groups excluding carboxylic acids is 2. The molecule has 1 aliphatic heterocycles. The number of ketones is 1. The summed E-state index contributed by atoms with van der Waals surface area (Å²) in [6.45, 7) is 5.84. The van der Waals surface area contributed by atoms with Crippen LogP contribution in [0.1, 0.15) is 50.8 Å². The molecule has 1 heterocycles. The third-order valence-corrected chi connectivity index (χ3v) is 6.33. The summed E-state index contributed by atoms with van der Waals surface area (Å²) in [4.78, 5) is 42.0. The Morgan fingerprint density at radius 2 is 1.53 bits per heavy atom. The Hall–Kier alpha value is -4.00. The highest BCUT2D eigenvalue weighted by atomic mass is 19.1. The van der Waals surface area contributed by atoms with E-state index in [9.17, 15) is 23.9 Å². The van der Waals surface area contributed by atoms with Crippen LogP contribution in [0.2, 0.25) is 0 Å². The zero-order valence-electron chi connectivity index (χ0n) is 19.2. The SMILES string of the molecule is CCC1CN(C(=O)c2ccccc2C(=O)c2ccc(F)cc2)c2cc(C)c(C)cc2N1C(=O)O. The Morgan fingerprint density at radius 1 is 0.941 bits per heavy atom. The molecular weight excluding hydrogens is 435 g/mol. The summed E-state index contributed by atoms with van der Waals surface area (Å²) in [7, 11) is 0. The van der Waals surface area contributed by atoms with Gasteiger partial charge in [-0.15, -0.1) is 0 Å². The minimum atomic E-state index is -1.07. The van der Waals surface area contributed by atoms with Gasteiger partial charge in [0.2, 0.25) is 0 Å². The van der Waals surface area contributed by atoms with Crippen LogP contribution in [0.4, 0.5) is 20.6 Å². The predicted octanol–water partition coefficient (Wildman–Crippen LogP) is 5.60. The van der Waals surface area contributed by atoms with E-state index >= 15 is 0 Å². The fourth-order valence-corrected chi connectivity index (χ4v) is 4.32. The monoisotopic (exact) mass is 460 g/mol. The highest BCUT2D eigenvalue weighted by Crippen LogP contribution is 2.39. The van der Waals surface area contributed by atoms with Crippen LogP contribution in [0, 0.1) is 19.7 Å². The molecule has 0 radical (unpaired) electrons. The van der Waals surface area contributed by atoms with Crippen LogP contribution >= 0.6 is 0 Å². The summed E-state index contributed by atoms with van der Waals surface area (Å²) < 4.78 is 13.3. The second kappa shape index (κ2) is 9.09. The normalized spacial score (nSPS) is 15.1. The van der Waals surface area contributed by atoms with Gasteiger partial charge in [-0.1, -0.05) is 25.1 Å². The molecule has 2 amide bonds. The number of carboxylic acid groups (broad SMARTS) is 1. The molecule has 0 fully saturated rings. The van der Waals surface area contributed by atoms with Gasteiger partial charge < -0.3 is 10.0 Å². The maximum atomic E-state index is 13.9. The molecule has 1 atom stereocenters. The fourth-order valence-electron chi connectivity index (χ4n) is 4.32. The number of aryl methyl sites for hydroxylation is 2. The summed E-state index contributed by atoms with van der Waals surface area (Å²) in [5.74, 6) is -1.23. The zero-order chi connectivity index (χ0) is 24.6. The topological polar surface area (TPSA) is 77.9 Å². The summed E-state index contributed by atoms with van der Waals surface area (Å²) in [6.07, 6.45) is -0.561. The zero-order valence-corrected chi connectivity index (χ0v) is 19.2. The van der Waals surface area contributed by atoms with E-state index in [4.69, 9.17) is 0 Å². The van der Waals surface area contributed by atoms with Gasteiger partial charge >= 0.3 is 6.09 Å². The van der Waals surface area contributed by atoms with Gasteiger partial charge in [0.25, 0.3) is 5.91 Å². The van der Waals surface area contributed by atoms with Crippen LogP contribution < -0.4 is 9.80 Å². The highest BCUT2D eigenvalue weighted by molar-refractivity contribution is 6.19. The Kier molecular flexibility index (Phi) is 6.20. The third kappa shape index (κ3) is 4.05. The lowest BCUT2D eigenvalue weighted by Crippen LogP contribution is -2.53. The first-order valence-corrected chi connectivity index (χ1v) is 11.1. The lowest BCUT2D eigenvalue weighted by Gasteiger charge is -2.41. The third-order valence-electron chi connectivity index (χ3n) is 6.33. The number of benzene rings is 3. The standard InChI is InChI=1S/C27H25FN2O4/c1-4-20-15-29(23-13-16(2)17(3)14-24(23)30(20)27(33)34)26(32)22-8-6-5-7-21(22)25(31)18-9-11-19(28)12-10-18/h5-14,20H,4,15H2,1-3H3,(H,33,34). The smallest absolute Gasteiger partial charge is 0.412 e. The number of halogens is 1. The van der Waals surface area contributed by atoms with E-state index in [1.807, 2.05) is 26.8 Å². The van der Waals surface area contributed by atoms with E-state index in [0.717, 1.165) is 11.1 Å². The van der Waals surface area contributed by atoms with E-state index < -0.39 is 18.0 Å². The molecule has 0 saturated carbocycles. The maximum Gasteiger partial charge on any atom is 0.412 e. The van der Waals surface area contributed by atoms with Gasteiger partial charge in [0.05, 0.1) is 23.0 Å². The van der Waals surface area contributed by atoms with Crippen molar-refractivity contribution >= 4 is 29.2 Å². The van der Waals surface area contributed by atoms with Crippen molar-refractivity contribution in [1.29, 1.82) is 0 Å². The molecule has 3 aromatic carbocycles. The lowest BCUT2D eigenvalue weighted by atomic mass is 9.95. The van der Waals surface area contributed by atoms with Crippen molar-refractivity contribution in [2.45, 2.75) is 33.2 Å². The Bertz CT molecular complexity index is 1290.